The van der Waals surface area contributed by atoms with E-state index in [4.69, 9.17) is 0 Å². The molecule has 0 bridgehead atoms. The van der Waals surface area contributed by atoms with Gasteiger partial charge in [0.15, 0.2) is 0 Å². The van der Waals surface area contributed by atoms with Gasteiger partial charge in [-0.1, -0.05) is 0 Å². The molecular formula is C11H16N2S. The molecule has 3 rings (SSSR count). The Labute approximate surface area is 88.9 Å². The molecule has 1 aromatic heterocycles. The number of rotatable bonds is 1. The highest BCUT2D eigenvalue weighted by Gasteiger charge is 2.41. The number of hydrogen-bond donors (Lipinski definition) is 1. The first-order chi connectivity index (χ1) is 6.88. The standard InChI is InChI=1S/C11H16N2S/c1-4-11(12-6-1)5-2-9(8-11)10-3-7-13-14-10/h3,7,9,12H,1-2,4-6,8H2. The zero-order valence-electron chi connectivity index (χ0n) is 8.33. The molecule has 76 valence electrons. The summed E-state index contributed by atoms with van der Waals surface area (Å²) in [6.07, 6.45) is 8.77. The molecule has 1 aliphatic carbocycles. The quantitative estimate of drug-likeness (QED) is 0.767. The molecule has 2 unspecified atom stereocenters. The SMILES string of the molecule is c1cc(C2CCC3(CCCN3)C2)sn1. The minimum Gasteiger partial charge on any atom is -0.311 e. The third kappa shape index (κ3) is 1.39. The fourth-order valence-electron chi connectivity index (χ4n) is 3.06. The first-order valence-corrected chi connectivity index (χ1v) is 6.31. The molecule has 2 nitrogen and oxygen atoms in total. The van der Waals surface area contributed by atoms with Crippen LogP contribution in [0.1, 0.15) is 42.9 Å². The van der Waals surface area contributed by atoms with Crippen LogP contribution in [0.3, 0.4) is 0 Å². The van der Waals surface area contributed by atoms with Gasteiger partial charge in [0.1, 0.15) is 0 Å². The van der Waals surface area contributed by atoms with Crippen molar-refractivity contribution in [2.45, 2.75) is 43.6 Å². The average molecular weight is 208 g/mol. The number of hydrogen-bond acceptors (Lipinski definition) is 3. The minimum absolute atomic E-state index is 0.509. The van der Waals surface area contributed by atoms with E-state index in [1.165, 1.54) is 43.5 Å². The van der Waals surface area contributed by atoms with E-state index in [0.717, 1.165) is 5.92 Å². The summed E-state index contributed by atoms with van der Waals surface area (Å²) in [5, 5.41) is 3.71. The average Bonchev–Trinajstić information content (AvgIpc) is 2.91. The van der Waals surface area contributed by atoms with Crippen molar-refractivity contribution in [3.05, 3.63) is 17.1 Å². The summed E-state index contributed by atoms with van der Waals surface area (Å²) in [5.74, 6) is 0.785. The molecule has 2 atom stereocenters. The second kappa shape index (κ2) is 3.31. The molecule has 0 radical (unpaired) electrons. The first-order valence-electron chi connectivity index (χ1n) is 5.54. The summed E-state index contributed by atoms with van der Waals surface area (Å²) in [5.41, 5.74) is 0.509. The van der Waals surface area contributed by atoms with Crippen LogP contribution in [0, 0.1) is 0 Å². The fraction of sp³-hybridized carbons (Fsp3) is 0.727. The molecule has 0 amide bonds. The molecule has 1 saturated heterocycles. The summed E-state index contributed by atoms with van der Waals surface area (Å²) in [6.45, 7) is 1.23. The van der Waals surface area contributed by atoms with Gasteiger partial charge in [-0.3, -0.25) is 0 Å². The molecule has 2 aliphatic rings. The Morgan fingerprint density at radius 3 is 3.21 bits per heavy atom. The molecule has 3 heteroatoms. The Bertz CT molecular complexity index is 301. The Hall–Kier alpha value is -0.410. The van der Waals surface area contributed by atoms with Crippen LogP contribution >= 0.6 is 11.5 Å². The Morgan fingerprint density at radius 2 is 2.50 bits per heavy atom. The minimum atomic E-state index is 0.509. The zero-order valence-corrected chi connectivity index (χ0v) is 9.15. The van der Waals surface area contributed by atoms with Gasteiger partial charge in [-0.2, -0.15) is 0 Å². The van der Waals surface area contributed by atoms with Crippen molar-refractivity contribution >= 4 is 11.5 Å². The summed E-state index contributed by atoms with van der Waals surface area (Å²) in [7, 11) is 0. The van der Waals surface area contributed by atoms with Crippen molar-refractivity contribution in [1.29, 1.82) is 0 Å². The van der Waals surface area contributed by atoms with Crippen molar-refractivity contribution in [2.24, 2.45) is 0 Å². The van der Waals surface area contributed by atoms with Crippen molar-refractivity contribution in [3.8, 4) is 0 Å². The van der Waals surface area contributed by atoms with E-state index < -0.39 is 0 Å². The third-order valence-electron chi connectivity index (χ3n) is 3.80. The molecular weight excluding hydrogens is 192 g/mol. The topological polar surface area (TPSA) is 24.9 Å². The summed E-state index contributed by atoms with van der Waals surface area (Å²) >= 11 is 1.68. The zero-order chi connectivity index (χ0) is 9.43. The van der Waals surface area contributed by atoms with Gasteiger partial charge in [-0.25, -0.2) is 4.37 Å². The molecule has 1 spiro atoms. The first kappa shape index (κ1) is 8.86. The number of nitrogens with one attached hydrogen (secondary N) is 1. The van der Waals surface area contributed by atoms with E-state index in [2.05, 4.69) is 15.8 Å². The van der Waals surface area contributed by atoms with Crippen molar-refractivity contribution in [1.82, 2.24) is 9.69 Å². The van der Waals surface area contributed by atoms with E-state index >= 15 is 0 Å². The van der Waals surface area contributed by atoms with Crippen molar-refractivity contribution in [3.63, 3.8) is 0 Å². The van der Waals surface area contributed by atoms with Gasteiger partial charge < -0.3 is 5.32 Å². The Kier molecular flexibility index (Phi) is 2.10. The van der Waals surface area contributed by atoms with Crippen LogP contribution in [0.5, 0.6) is 0 Å². The lowest BCUT2D eigenvalue weighted by molar-refractivity contribution is 0.383. The van der Waals surface area contributed by atoms with E-state index in [0.29, 0.717) is 5.54 Å². The molecule has 2 fully saturated rings. The highest BCUT2D eigenvalue weighted by molar-refractivity contribution is 7.05. The predicted molar refractivity (Wildman–Crippen MR) is 58.7 cm³/mol. The molecule has 2 heterocycles. The van der Waals surface area contributed by atoms with Crippen LogP contribution in [0.15, 0.2) is 12.3 Å². The van der Waals surface area contributed by atoms with Crippen LogP contribution in [-0.2, 0) is 0 Å². The lowest BCUT2D eigenvalue weighted by Crippen LogP contribution is -2.36. The number of aromatic nitrogens is 1. The van der Waals surface area contributed by atoms with Gasteiger partial charge in [-0.05, 0) is 62.2 Å². The Morgan fingerprint density at radius 1 is 1.50 bits per heavy atom. The maximum Gasteiger partial charge on any atom is 0.0409 e. The van der Waals surface area contributed by atoms with Crippen LogP contribution < -0.4 is 5.32 Å². The molecule has 0 aromatic carbocycles. The lowest BCUT2D eigenvalue weighted by Gasteiger charge is -2.23. The van der Waals surface area contributed by atoms with Gasteiger partial charge in [0, 0.05) is 16.6 Å². The summed E-state index contributed by atoms with van der Waals surface area (Å²) in [4.78, 5) is 1.50. The van der Waals surface area contributed by atoms with Crippen LogP contribution in [0.4, 0.5) is 0 Å². The molecule has 1 aliphatic heterocycles. The highest BCUT2D eigenvalue weighted by atomic mass is 32.1. The van der Waals surface area contributed by atoms with Crippen LogP contribution in [0.2, 0.25) is 0 Å². The van der Waals surface area contributed by atoms with Gasteiger partial charge in [0.05, 0.1) is 0 Å². The van der Waals surface area contributed by atoms with Gasteiger partial charge in [0.25, 0.3) is 0 Å². The van der Waals surface area contributed by atoms with E-state index in [1.54, 1.807) is 11.5 Å². The van der Waals surface area contributed by atoms with Gasteiger partial charge in [-0.15, -0.1) is 0 Å². The van der Waals surface area contributed by atoms with E-state index in [-0.39, 0.29) is 0 Å². The molecule has 14 heavy (non-hydrogen) atoms. The third-order valence-corrected chi connectivity index (χ3v) is 4.71. The summed E-state index contributed by atoms with van der Waals surface area (Å²) in [6, 6.07) is 2.20. The predicted octanol–water partition coefficient (Wildman–Crippen LogP) is 2.53. The summed E-state index contributed by atoms with van der Waals surface area (Å²) < 4.78 is 4.20. The normalized spacial score (nSPS) is 37.0. The van der Waals surface area contributed by atoms with E-state index in [1.807, 2.05) is 6.20 Å². The second-order valence-electron chi connectivity index (χ2n) is 4.67. The van der Waals surface area contributed by atoms with Crippen molar-refractivity contribution in [2.75, 3.05) is 6.54 Å². The highest BCUT2D eigenvalue weighted by Crippen LogP contribution is 2.45. The maximum absolute atomic E-state index is 4.20. The van der Waals surface area contributed by atoms with Gasteiger partial charge >= 0.3 is 0 Å². The van der Waals surface area contributed by atoms with E-state index in [9.17, 15) is 0 Å². The smallest absolute Gasteiger partial charge is 0.0409 e. The Balaban J connectivity index is 1.75. The maximum atomic E-state index is 4.20. The molecule has 1 aromatic rings. The molecule has 1 saturated carbocycles. The molecule has 1 N–H and O–H groups in total. The largest absolute Gasteiger partial charge is 0.311 e. The monoisotopic (exact) mass is 208 g/mol. The van der Waals surface area contributed by atoms with Gasteiger partial charge in [0.2, 0.25) is 0 Å². The van der Waals surface area contributed by atoms with Crippen LogP contribution in [0.25, 0.3) is 0 Å². The number of nitrogens with zero attached hydrogens (tertiary/aromatic N) is 1. The van der Waals surface area contributed by atoms with Crippen LogP contribution in [-0.4, -0.2) is 16.5 Å². The lowest BCUT2D eigenvalue weighted by atomic mass is 9.94. The van der Waals surface area contributed by atoms with Crippen molar-refractivity contribution < 1.29 is 0 Å². The fourth-order valence-corrected chi connectivity index (χ4v) is 3.78. The second-order valence-corrected chi connectivity index (χ2v) is 5.53.